The molecule has 5 aromatic rings. The molecule has 5 rings (SSSR count). The van der Waals surface area contributed by atoms with Gasteiger partial charge in [-0.1, -0.05) is 119 Å². The van der Waals surface area contributed by atoms with Crippen LogP contribution in [-0.2, 0) is 0 Å². The third kappa shape index (κ3) is 7.92. The van der Waals surface area contributed by atoms with Gasteiger partial charge in [0.2, 0.25) is 0 Å². The predicted octanol–water partition coefficient (Wildman–Crippen LogP) is 10.2. The molecule has 0 radical (unpaired) electrons. The van der Waals surface area contributed by atoms with Gasteiger partial charge in [0.1, 0.15) is 0 Å². The first-order chi connectivity index (χ1) is 21.3. The van der Waals surface area contributed by atoms with Crippen LogP contribution in [0.3, 0.4) is 0 Å². The number of carbonyl (C=O) groups is 2. The quantitative estimate of drug-likeness (QED) is 0.200. The van der Waals surface area contributed by atoms with Gasteiger partial charge in [0.15, 0.2) is 0 Å². The van der Waals surface area contributed by atoms with Crippen molar-refractivity contribution in [1.82, 2.24) is 0 Å². The van der Waals surface area contributed by atoms with E-state index in [1.807, 2.05) is 167 Å². The smallest absolute Gasteiger partial charge is 0.341 e. The SMILES string of the molecule is CC(C)c1cccc(C(C)C)c1N(C(N)=O)C(=O)N(c1ccccc1)c1ccccc1.c1ccc(Nc2ccccc2)cc1. The average Bonchev–Trinajstić information content (AvgIpc) is 3.03. The van der Waals surface area contributed by atoms with Crippen molar-refractivity contribution < 1.29 is 9.59 Å². The highest BCUT2D eigenvalue weighted by molar-refractivity contribution is 6.21. The fourth-order valence-corrected chi connectivity index (χ4v) is 4.90. The van der Waals surface area contributed by atoms with Gasteiger partial charge in [-0.3, -0.25) is 4.90 Å². The van der Waals surface area contributed by atoms with Gasteiger partial charge in [-0.05, 0) is 71.5 Å². The van der Waals surface area contributed by atoms with Crippen LogP contribution in [0.15, 0.2) is 140 Å². The molecular formula is C38H40N4O2. The standard InChI is InChI=1S/C26H29N3O2.C12H11N/c1-18(2)22-16-11-17-23(19(3)4)24(22)29(25(27)30)26(31)28(20-12-7-5-8-13-20)21-14-9-6-10-15-21;1-3-7-11(8-4-1)13-12-9-5-2-6-10-12/h5-19H,1-4H3,(H2,27,30);1-10,13H. The number of nitrogens with two attached hydrogens (primary N) is 1. The van der Waals surface area contributed by atoms with E-state index < -0.39 is 12.1 Å². The summed E-state index contributed by atoms with van der Waals surface area (Å²) in [6.45, 7) is 8.16. The number of anilines is 5. The second-order valence-electron chi connectivity index (χ2n) is 10.9. The summed E-state index contributed by atoms with van der Waals surface area (Å²) in [7, 11) is 0. The molecule has 0 unspecified atom stereocenters. The molecule has 0 aliphatic carbocycles. The van der Waals surface area contributed by atoms with Crippen molar-refractivity contribution in [1.29, 1.82) is 0 Å². The number of hydrogen-bond acceptors (Lipinski definition) is 3. The zero-order chi connectivity index (χ0) is 31.5. The summed E-state index contributed by atoms with van der Waals surface area (Å²) < 4.78 is 0. The molecule has 0 bridgehead atoms. The molecule has 44 heavy (non-hydrogen) atoms. The van der Waals surface area contributed by atoms with Gasteiger partial charge in [-0.25, -0.2) is 14.5 Å². The molecule has 0 fully saturated rings. The number of carbonyl (C=O) groups excluding carboxylic acids is 2. The topological polar surface area (TPSA) is 78.7 Å². The van der Waals surface area contributed by atoms with Crippen LogP contribution in [0.2, 0.25) is 0 Å². The molecule has 3 N–H and O–H groups in total. The van der Waals surface area contributed by atoms with Crippen LogP contribution >= 0.6 is 0 Å². The Labute approximate surface area is 260 Å². The van der Waals surface area contributed by atoms with E-state index >= 15 is 0 Å². The first-order valence-electron chi connectivity index (χ1n) is 14.8. The molecule has 0 saturated carbocycles. The molecule has 5 aromatic carbocycles. The number of benzene rings is 5. The summed E-state index contributed by atoms with van der Waals surface area (Å²) in [4.78, 5) is 29.4. The Bertz CT molecular complexity index is 1520. The molecule has 0 aliphatic heterocycles. The van der Waals surface area contributed by atoms with E-state index in [4.69, 9.17) is 5.73 Å². The molecule has 0 aliphatic rings. The largest absolute Gasteiger partial charge is 0.356 e. The van der Waals surface area contributed by atoms with Crippen molar-refractivity contribution in [2.75, 3.05) is 15.1 Å². The minimum absolute atomic E-state index is 0.102. The Hall–Kier alpha value is -5.36. The molecular weight excluding hydrogens is 544 g/mol. The van der Waals surface area contributed by atoms with Crippen molar-refractivity contribution in [3.63, 3.8) is 0 Å². The Morgan fingerprint density at radius 2 is 0.909 bits per heavy atom. The zero-order valence-electron chi connectivity index (χ0n) is 25.7. The Kier molecular flexibility index (Phi) is 10.9. The van der Waals surface area contributed by atoms with Crippen molar-refractivity contribution in [2.45, 2.75) is 39.5 Å². The summed E-state index contributed by atoms with van der Waals surface area (Å²) in [6, 6.07) is 43.4. The number of urea groups is 2. The van der Waals surface area contributed by atoms with Gasteiger partial charge < -0.3 is 11.1 Å². The number of amides is 4. The Balaban J connectivity index is 0.000000281. The van der Waals surface area contributed by atoms with E-state index in [0.29, 0.717) is 17.1 Å². The third-order valence-electron chi connectivity index (χ3n) is 7.03. The summed E-state index contributed by atoms with van der Waals surface area (Å²) >= 11 is 0. The maximum atomic E-state index is 14.0. The number of nitrogens with one attached hydrogen (secondary N) is 1. The fraction of sp³-hybridized carbons (Fsp3) is 0.158. The monoisotopic (exact) mass is 584 g/mol. The van der Waals surface area contributed by atoms with Gasteiger partial charge in [0, 0.05) is 11.4 Å². The van der Waals surface area contributed by atoms with E-state index in [9.17, 15) is 9.59 Å². The van der Waals surface area contributed by atoms with E-state index in [1.165, 1.54) is 4.90 Å². The van der Waals surface area contributed by atoms with Crippen LogP contribution in [0.4, 0.5) is 38.0 Å². The minimum Gasteiger partial charge on any atom is -0.356 e. The van der Waals surface area contributed by atoms with Gasteiger partial charge >= 0.3 is 12.1 Å². The van der Waals surface area contributed by atoms with E-state index in [2.05, 4.69) is 5.32 Å². The number of nitrogens with zero attached hydrogens (tertiary/aromatic N) is 2. The summed E-state index contributed by atoms with van der Waals surface area (Å²) in [5.41, 5.74) is 11.8. The lowest BCUT2D eigenvalue weighted by Crippen LogP contribution is -2.48. The number of imide groups is 1. The predicted molar refractivity (Wildman–Crippen MR) is 183 cm³/mol. The summed E-state index contributed by atoms with van der Waals surface area (Å²) in [5, 5.41) is 3.30. The molecule has 0 atom stereocenters. The highest BCUT2D eigenvalue weighted by Crippen LogP contribution is 2.37. The molecule has 0 aromatic heterocycles. The molecule has 224 valence electrons. The lowest BCUT2D eigenvalue weighted by molar-refractivity contribution is 0.242. The maximum absolute atomic E-state index is 14.0. The first kappa shape index (κ1) is 31.6. The number of rotatable bonds is 7. The molecule has 6 heteroatoms. The van der Waals surface area contributed by atoms with Crippen LogP contribution < -0.4 is 20.9 Å². The zero-order valence-corrected chi connectivity index (χ0v) is 25.7. The highest BCUT2D eigenvalue weighted by Gasteiger charge is 2.33. The Morgan fingerprint density at radius 1 is 0.545 bits per heavy atom. The normalized spacial score (nSPS) is 10.5. The summed E-state index contributed by atoms with van der Waals surface area (Å²) in [5.74, 6) is 0.204. The van der Waals surface area contributed by atoms with Crippen molar-refractivity contribution in [3.05, 3.63) is 151 Å². The van der Waals surface area contributed by atoms with Crippen molar-refractivity contribution >= 4 is 40.5 Å². The van der Waals surface area contributed by atoms with E-state index in [-0.39, 0.29) is 11.8 Å². The van der Waals surface area contributed by atoms with Crippen LogP contribution in [0, 0.1) is 0 Å². The second kappa shape index (κ2) is 15.2. The van der Waals surface area contributed by atoms with Crippen LogP contribution in [0.25, 0.3) is 0 Å². The van der Waals surface area contributed by atoms with E-state index in [1.54, 1.807) is 0 Å². The van der Waals surface area contributed by atoms with E-state index in [0.717, 1.165) is 27.4 Å². The maximum Gasteiger partial charge on any atom is 0.341 e. The lowest BCUT2D eigenvalue weighted by atomic mass is 9.92. The number of hydrogen-bond donors (Lipinski definition) is 2. The highest BCUT2D eigenvalue weighted by atomic mass is 16.2. The van der Waals surface area contributed by atoms with Crippen LogP contribution in [0.1, 0.15) is 50.7 Å². The number of primary amides is 1. The first-order valence-corrected chi connectivity index (χ1v) is 14.8. The van der Waals surface area contributed by atoms with Crippen LogP contribution in [-0.4, -0.2) is 12.1 Å². The average molecular weight is 585 g/mol. The lowest BCUT2D eigenvalue weighted by Gasteiger charge is -2.32. The molecule has 0 saturated heterocycles. The molecule has 6 nitrogen and oxygen atoms in total. The Morgan fingerprint density at radius 3 is 1.25 bits per heavy atom. The third-order valence-corrected chi connectivity index (χ3v) is 7.03. The van der Waals surface area contributed by atoms with Crippen LogP contribution in [0.5, 0.6) is 0 Å². The van der Waals surface area contributed by atoms with Gasteiger partial charge in [0.25, 0.3) is 0 Å². The second-order valence-corrected chi connectivity index (χ2v) is 10.9. The number of para-hydroxylation sites is 5. The van der Waals surface area contributed by atoms with Crippen molar-refractivity contribution in [3.8, 4) is 0 Å². The fourth-order valence-electron chi connectivity index (χ4n) is 4.90. The minimum atomic E-state index is -0.808. The molecule has 4 amide bonds. The van der Waals surface area contributed by atoms with Gasteiger partial charge in [-0.2, -0.15) is 0 Å². The van der Waals surface area contributed by atoms with Crippen molar-refractivity contribution in [2.24, 2.45) is 5.73 Å². The molecule has 0 spiro atoms. The summed E-state index contributed by atoms with van der Waals surface area (Å²) in [6.07, 6.45) is 0. The van der Waals surface area contributed by atoms with Gasteiger partial charge in [0.05, 0.1) is 17.1 Å². The van der Waals surface area contributed by atoms with Gasteiger partial charge in [-0.15, -0.1) is 0 Å². The molecule has 0 heterocycles.